The number of thiophene rings is 1. The fraction of sp³-hybridized carbons (Fsp3) is 0.333. The number of rotatable bonds is 5. The van der Waals surface area contributed by atoms with Crippen LogP contribution in [0, 0.1) is 0 Å². The third kappa shape index (κ3) is 2.76. The molecule has 0 aliphatic carbocycles. The van der Waals surface area contributed by atoms with Crippen LogP contribution in [0.5, 0.6) is 5.88 Å². The van der Waals surface area contributed by atoms with E-state index in [1.807, 2.05) is 6.08 Å². The molecule has 0 bridgehead atoms. The van der Waals surface area contributed by atoms with Crippen molar-refractivity contribution in [2.45, 2.75) is 19.8 Å². The molecule has 0 fully saturated rings. The highest BCUT2D eigenvalue weighted by atomic mass is 35.5. The lowest BCUT2D eigenvalue weighted by Gasteiger charge is -2.04. The Balaban J connectivity index is 2.37. The maximum atomic E-state index is 5.87. The Morgan fingerprint density at radius 1 is 1.53 bits per heavy atom. The van der Waals surface area contributed by atoms with Gasteiger partial charge in [0.05, 0.1) is 12.0 Å². The van der Waals surface area contributed by atoms with Crippen LogP contribution in [0.4, 0.5) is 0 Å². The van der Waals surface area contributed by atoms with Gasteiger partial charge >= 0.3 is 0 Å². The van der Waals surface area contributed by atoms with E-state index < -0.39 is 0 Å². The first-order chi connectivity index (χ1) is 8.24. The monoisotopic (exact) mass is 268 g/mol. The first-order valence-corrected chi connectivity index (χ1v) is 6.63. The van der Waals surface area contributed by atoms with Crippen LogP contribution in [-0.4, -0.2) is 16.6 Å². The molecule has 0 spiro atoms. The Hall–Kier alpha value is -1.13. The van der Waals surface area contributed by atoms with Crippen LogP contribution < -0.4 is 4.74 Å². The van der Waals surface area contributed by atoms with Gasteiger partial charge in [-0.3, -0.25) is 0 Å². The summed E-state index contributed by atoms with van der Waals surface area (Å²) in [6.45, 7) is 6.32. The van der Waals surface area contributed by atoms with Crippen LogP contribution >= 0.6 is 22.9 Å². The zero-order chi connectivity index (χ0) is 12.3. The molecule has 0 atom stereocenters. The highest BCUT2D eigenvalue weighted by molar-refractivity contribution is 7.18. The molecule has 5 heteroatoms. The summed E-state index contributed by atoms with van der Waals surface area (Å²) in [5.41, 5.74) is 0. The molecule has 0 aromatic carbocycles. The van der Waals surface area contributed by atoms with Gasteiger partial charge in [0.2, 0.25) is 11.2 Å². The Labute approximate surface area is 109 Å². The van der Waals surface area contributed by atoms with Gasteiger partial charge in [-0.15, -0.1) is 17.9 Å². The largest absolute Gasteiger partial charge is 0.477 e. The van der Waals surface area contributed by atoms with Crippen LogP contribution in [-0.2, 0) is 6.42 Å². The number of aryl methyl sites for hydroxylation is 1. The second kappa shape index (κ2) is 5.47. The third-order valence-corrected chi connectivity index (χ3v) is 3.63. The van der Waals surface area contributed by atoms with Gasteiger partial charge in [0.1, 0.15) is 4.83 Å². The Kier molecular flexibility index (Phi) is 3.97. The fourth-order valence-electron chi connectivity index (χ4n) is 1.44. The Morgan fingerprint density at radius 3 is 3.06 bits per heavy atom. The molecule has 0 radical (unpaired) electrons. The number of nitrogens with zero attached hydrogens (tertiary/aromatic N) is 2. The Morgan fingerprint density at radius 2 is 2.35 bits per heavy atom. The van der Waals surface area contributed by atoms with Crippen LogP contribution in [0.15, 0.2) is 18.7 Å². The summed E-state index contributed by atoms with van der Waals surface area (Å²) < 4.78 is 5.60. The zero-order valence-electron chi connectivity index (χ0n) is 9.57. The van der Waals surface area contributed by atoms with Crippen molar-refractivity contribution in [1.82, 2.24) is 9.97 Å². The molecule has 0 saturated heterocycles. The van der Waals surface area contributed by atoms with E-state index in [0.29, 0.717) is 12.5 Å². The minimum atomic E-state index is 0.232. The molecule has 0 aliphatic rings. The fourth-order valence-corrected chi connectivity index (χ4v) is 2.61. The summed E-state index contributed by atoms with van der Waals surface area (Å²) in [7, 11) is 0. The van der Waals surface area contributed by atoms with E-state index in [0.717, 1.165) is 23.1 Å². The number of halogens is 1. The Bertz CT molecular complexity index is 539. The van der Waals surface area contributed by atoms with E-state index >= 15 is 0 Å². The van der Waals surface area contributed by atoms with E-state index in [4.69, 9.17) is 16.3 Å². The molecule has 2 aromatic rings. The van der Waals surface area contributed by atoms with Gasteiger partial charge < -0.3 is 4.74 Å². The highest BCUT2D eigenvalue weighted by Crippen LogP contribution is 2.31. The summed E-state index contributed by atoms with van der Waals surface area (Å²) >= 11 is 7.50. The van der Waals surface area contributed by atoms with Gasteiger partial charge in [0, 0.05) is 4.88 Å². The molecule has 0 saturated carbocycles. The van der Waals surface area contributed by atoms with Gasteiger partial charge in [-0.1, -0.05) is 13.0 Å². The molecule has 2 aromatic heterocycles. The molecule has 3 nitrogen and oxygen atoms in total. The van der Waals surface area contributed by atoms with E-state index in [9.17, 15) is 0 Å². The smallest absolute Gasteiger partial charge is 0.227 e. The second-order valence-corrected chi connectivity index (χ2v) is 4.96. The van der Waals surface area contributed by atoms with Gasteiger partial charge in [-0.2, -0.15) is 4.98 Å². The quantitative estimate of drug-likeness (QED) is 0.469. The topological polar surface area (TPSA) is 35.0 Å². The maximum absolute atomic E-state index is 5.87. The van der Waals surface area contributed by atoms with Crippen molar-refractivity contribution in [2.24, 2.45) is 0 Å². The average Bonchev–Trinajstić information content (AvgIpc) is 2.72. The van der Waals surface area contributed by atoms with Crippen LogP contribution in [0.3, 0.4) is 0 Å². The van der Waals surface area contributed by atoms with Crippen molar-refractivity contribution in [1.29, 1.82) is 0 Å². The molecule has 2 rings (SSSR count). The van der Waals surface area contributed by atoms with Gasteiger partial charge in [0.25, 0.3) is 0 Å². The van der Waals surface area contributed by atoms with Crippen LogP contribution in [0.25, 0.3) is 10.2 Å². The number of fused-ring (bicyclic) bond motifs is 1. The average molecular weight is 269 g/mol. The minimum absolute atomic E-state index is 0.232. The highest BCUT2D eigenvalue weighted by Gasteiger charge is 2.11. The van der Waals surface area contributed by atoms with Crippen molar-refractivity contribution in [3.8, 4) is 5.88 Å². The van der Waals surface area contributed by atoms with Crippen molar-refractivity contribution < 1.29 is 4.74 Å². The van der Waals surface area contributed by atoms with Gasteiger partial charge in [-0.05, 0) is 30.5 Å². The molecular weight excluding hydrogens is 256 g/mol. The van der Waals surface area contributed by atoms with Gasteiger partial charge in [-0.25, -0.2) is 4.98 Å². The molecule has 0 unspecified atom stereocenters. The first-order valence-electron chi connectivity index (χ1n) is 5.44. The molecular formula is C12H13ClN2OS. The molecule has 0 aliphatic heterocycles. The number of ether oxygens (including phenoxy) is 1. The lowest BCUT2D eigenvalue weighted by molar-refractivity contribution is 0.316. The zero-order valence-corrected chi connectivity index (χ0v) is 11.1. The van der Waals surface area contributed by atoms with E-state index in [1.165, 1.54) is 4.88 Å². The van der Waals surface area contributed by atoms with Crippen LogP contribution in [0.2, 0.25) is 5.28 Å². The maximum Gasteiger partial charge on any atom is 0.227 e. The molecule has 0 N–H and O–H groups in total. The minimum Gasteiger partial charge on any atom is -0.477 e. The third-order valence-electron chi connectivity index (χ3n) is 2.29. The van der Waals surface area contributed by atoms with Crippen molar-refractivity contribution in [2.75, 3.05) is 6.61 Å². The van der Waals surface area contributed by atoms with Crippen LogP contribution in [0.1, 0.15) is 18.2 Å². The van der Waals surface area contributed by atoms with Crippen molar-refractivity contribution in [3.63, 3.8) is 0 Å². The van der Waals surface area contributed by atoms with Gasteiger partial charge in [0.15, 0.2) is 0 Å². The lowest BCUT2D eigenvalue weighted by Crippen LogP contribution is -1.99. The summed E-state index contributed by atoms with van der Waals surface area (Å²) in [6.07, 6.45) is 3.57. The van der Waals surface area contributed by atoms with Crippen molar-refractivity contribution >= 4 is 33.2 Å². The predicted octanol–water partition coefficient (Wildman–Crippen LogP) is 3.86. The molecule has 17 heavy (non-hydrogen) atoms. The van der Waals surface area contributed by atoms with E-state index in [1.54, 1.807) is 11.3 Å². The lowest BCUT2D eigenvalue weighted by atomic mass is 10.3. The number of aromatic nitrogens is 2. The number of hydrogen-bond acceptors (Lipinski definition) is 4. The number of hydrogen-bond donors (Lipinski definition) is 0. The molecule has 0 amide bonds. The normalized spacial score (nSPS) is 10.7. The van der Waals surface area contributed by atoms with Crippen molar-refractivity contribution in [3.05, 3.63) is 28.9 Å². The summed E-state index contributed by atoms with van der Waals surface area (Å²) in [5, 5.41) is 1.18. The first kappa shape index (κ1) is 12.3. The van der Waals surface area contributed by atoms with E-state index in [2.05, 4.69) is 29.5 Å². The SMILES string of the molecule is C=CCCOc1nc(Cl)nc2sc(CC)cc12. The molecule has 2 heterocycles. The summed E-state index contributed by atoms with van der Waals surface area (Å²) in [4.78, 5) is 10.5. The molecule has 90 valence electrons. The standard InChI is InChI=1S/C12H13ClN2OS/c1-3-5-6-16-10-9-7-8(4-2)17-11(9)15-12(13)14-10/h3,7H,1,4-6H2,2H3. The summed E-state index contributed by atoms with van der Waals surface area (Å²) in [5.74, 6) is 0.567. The summed E-state index contributed by atoms with van der Waals surface area (Å²) in [6, 6.07) is 2.07. The van der Waals surface area contributed by atoms with E-state index in [-0.39, 0.29) is 5.28 Å². The predicted molar refractivity (Wildman–Crippen MR) is 72.1 cm³/mol. The second-order valence-electron chi connectivity index (χ2n) is 3.51.